The lowest BCUT2D eigenvalue weighted by molar-refractivity contribution is 0.0632. The molecule has 1 aliphatic rings. The quantitative estimate of drug-likeness (QED) is 0.851. The summed E-state index contributed by atoms with van der Waals surface area (Å²) < 4.78 is 32.0. The number of nitrogens with zero attached hydrogens (tertiary/aromatic N) is 1. The Morgan fingerprint density at radius 2 is 1.95 bits per heavy atom. The van der Waals surface area contributed by atoms with Crippen LogP contribution in [-0.4, -0.2) is 39.0 Å². The average molecular weight is 284 g/mol. The molecule has 0 unspecified atom stereocenters. The molecule has 0 saturated carbocycles. The molecule has 0 spiro atoms. The van der Waals surface area contributed by atoms with Gasteiger partial charge in [-0.3, -0.25) is 0 Å². The lowest BCUT2D eigenvalue weighted by Gasteiger charge is -2.30. The maximum atomic E-state index is 12.6. The minimum Gasteiger partial charge on any atom is -0.399 e. The summed E-state index contributed by atoms with van der Waals surface area (Å²) in [6, 6.07) is 4.90. The van der Waals surface area contributed by atoms with E-state index in [1.165, 1.54) is 4.31 Å². The minimum absolute atomic E-state index is 0.00991. The van der Waals surface area contributed by atoms with E-state index in [0.717, 1.165) is 12.8 Å². The zero-order valence-electron chi connectivity index (χ0n) is 11.3. The third-order valence-corrected chi connectivity index (χ3v) is 5.63. The van der Waals surface area contributed by atoms with Crippen LogP contribution in [0, 0.1) is 6.92 Å². The van der Waals surface area contributed by atoms with Gasteiger partial charge >= 0.3 is 0 Å². The predicted octanol–water partition coefficient (Wildman–Crippen LogP) is 1.38. The molecule has 1 saturated heterocycles. The fourth-order valence-corrected chi connectivity index (χ4v) is 3.98. The van der Waals surface area contributed by atoms with E-state index in [2.05, 4.69) is 0 Å². The molecular weight excluding hydrogens is 264 g/mol. The molecule has 0 aliphatic carbocycles. The van der Waals surface area contributed by atoms with Crippen LogP contribution in [0.1, 0.15) is 18.4 Å². The summed E-state index contributed by atoms with van der Waals surface area (Å²) >= 11 is 0. The van der Waals surface area contributed by atoms with Crippen LogP contribution >= 0.6 is 0 Å². The van der Waals surface area contributed by atoms with Crippen LogP contribution < -0.4 is 5.73 Å². The van der Waals surface area contributed by atoms with Crippen molar-refractivity contribution in [3.63, 3.8) is 0 Å². The smallest absolute Gasteiger partial charge is 0.243 e. The zero-order valence-corrected chi connectivity index (χ0v) is 12.1. The van der Waals surface area contributed by atoms with Gasteiger partial charge in [0.25, 0.3) is 0 Å². The van der Waals surface area contributed by atoms with E-state index in [0.29, 0.717) is 29.4 Å². The van der Waals surface area contributed by atoms with Crippen LogP contribution in [0.3, 0.4) is 0 Å². The van der Waals surface area contributed by atoms with Crippen molar-refractivity contribution in [3.8, 4) is 0 Å². The number of aryl methyl sites for hydroxylation is 1. The van der Waals surface area contributed by atoms with Crippen LogP contribution in [0.15, 0.2) is 23.1 Å². The van der Waals surface area contributed by atoms with Gasteiger partial charge in [-0.2, -0.15) is 4.31 Å². The second kappa shape index (κ2) is 5.48. The van der Waals surface area contributed by atoms with Crippen molar-refractivity contribution in [1.29, 1.82) is 0 Å². The van der Waals surface area contributed by atoms with Crippen molar-refractivity contribution < 1.29 is 13.2 Å². The molecule has 0 bridgehead atoms. The third-order valence-electron chi connectivity index (χ3n) is 3.56. The maximum absolute atomic E-state index is 12.6. The van der Waals surface area contributed by atoms with E-state index in [1.807, 2.05) is 0 Å². The fraction of sp³-hybridized carbons (Fsp3) is 0.538. The molecule has 1 heterocycles. The van der Waals surface area contributed by atoms with E-state index >= 15 is 0 Å². The molecule has 0 amide bonds. The summed E-state index contributed by atoms with van der Waals surface area (Å²) in [5.74, 6) is 0. The molecule has 0 aromatic heterocycles. The SMILES string of the molecule is Cc1cc(N)ccc1S(=O)(=O)N(C)C1CCOCC1. The van der Waals surface area contributed by atoms with Crippen LogP contribution in [0.25, 0.3) is 0 Å². The van der Waals surface area contributed by atoms with Gasteiger partial charge in [-0.15, -0.1) is 0 Å². The monoisotopic (exact) mass is 284 g/mol. The van der Waals surface area contributed by atoms with Crippen LogP contribution in [0.4, 0.5) is 5.69 Å². The summed E-state index contributed by atoms with van der Waals surface area (Å²) in [6.45, 7) is 3.00. The first-order chi connectivity index (χ1) is 8.93. The lowest BCUT2D eigenvalue weighted by Crippen LogP contribution is -2.40. The topological polar surface area (TPSA) is 72.6 Å². The van der Waals surface area contributed by atoms with Gasteiger partial charge in [-0.25, -0.2) is 8.42 Å². The van der Waals surface area contributed by atoms with Crippen molar-refractivity contribution in [2.75, 3.05) is 26.0 Å². The molecule has 1 fully saturated rings. The highest BCUT2D eigenvalue weighted by Crippen LogP contribution is 2.25. The molecule has 2 rings (SSSR count). The maximum Gasteiger partial charge on any atom is 0.243 e. The molecule has 0 radical (unpaired) electrons. The van der Waals surface area contributed by atoms with Gasteiger partial charge in [0.05, 0.1) is 4.90 Å². The first-order valence-electron chi connectivity index (χ1n) is 6.35. The first kappa shape index (κ1) is 14.3. The Labute approximate surface area is 114 Å². The number of hydrogen-bond acceptors (Lipinski definition) is 4. The number of nitrogen functional groups attached to an aromatic ring is 1. The number of nitrogens with two attached hydrogens (primary N) is 1. The van der Waals surface area contributed by atoms with Gasteiger partial charge < -0.3 is 10.5 Å². The molecule has 1 aromatic rings. The molecule has 1 aromatic carbocycles. The summed E-state index contributed by atoms with van der Waals surface area (Å²) in [5, 5.41) is 0. The van der Waals surface area contributed by atoms with Crippen LogP contribution in [0.5, 0.6) is 0 Å². The summed E-state index contributed by atoms with van der Waals surface area (Å²) in [4.78, 5) is 0.329. The van der Waals surface area contributed by atoms with Crippen LogP contribution in [-0.2, 0) is 14.8 Å². The highest BCUT2D eigenvalue weighted by Gasteiger charge is 2.30. The molecule has 0 atom stereocenters. The number of hydrogen-bond donors (Lipinski definition) is 1. The van der Waals surface area contributed by atoms with Crippen molar-refractivity contribution >= 4 is 15.7 Å². The Morgan fingerprint density at radius 1 is 1.32 bits per heavy atom. The number of benzene rings is 1. The highest BCUT2D eigenvalue weighted by atomic mass is 32.2. The number of anilines is 1. The van der Waals surface area contributed by atoms with E-state index in [-0.39, 0.29) is 6.04 Å². The zero-order chi connectivity index (χ0) is 14.0. The molecule has 2 N–H and O–H groups in total. The Morgan fingerprint density at radius 3 is 2.53 bits per heavy atom. The number of sulfonamides is 1. The van der Waals surface area contributed by atoms with Crippen molar-refractivity contribution in [1.82, 2.24) is 4.31 Å². The van der Waals surface area contributed by atoms with E-state index in [1.54, 1.807) is 32.2 Å². The van der Waals surface area contributed by atoms with Gasteiger partial charge in [-0.05, 0) is 43.5 Å². The van der Waals surface area contributed by atoms with Gasteiger partial charge in [-0.1, -0.05) is 0 Å². The molecular formula is C13H20N2O3S. The van der Waals surface area contributed by atoms with Crippen molar-refractivity contribution in [2.24, 2.45) is 0 Å². The van der Waals surface area contributed by atoms with Gasteiger partial charge in [0.1, 0.15) is 0 Å². The highest BCUT2D eigenvalue weighted by molar-refractivity contribution is 7.89. The van der Waals surface area contributed by atoms with Crippen molar-refractivity contribution in [2.45, 2.75) is 30.7 Å². The second-order valence-corrected chi connectivity index (χ2v) is 6.86. The Kier molecular flexibility index (Phi) is 4.13. The van der Waals surface area contributed by atoms with Gasteiger partial charge in [0.15, 0.2) is 0 Å². The molecule has 5 nitrogen and oxygen atoms in total. The molecule has 6 heteroatoms. The lowest BCUT2D eigenvalue weighted by atomic mass is 10.1. The normalized spacial score (nSPS) is 17.8. The summed E-state index contributed by atoms with van der Waals surface area (Å²) in [7, 11) is -1.82. The third kappa shape index (κ3) is 2.91. The standard InChI is InChI=1S/C13H20N2O3S/c1-10-9-11(14)3-4-13(10)19(16,17)15(2)12-5-7-18-8-6-12/h3-4,9,12H,5-8,14H2,1-2H3. The number of ether oxygens (including phenoxy) is 1. The first-order valence-corrected chi connectivity index (χ1v) is 7.79. The van der Waals surface area contributed by atoms with Gasteiger partial charge in [0.2, 0.25) is 10.0 Å². The Balaban J connectivity index is 2.30. The molecule has 1 aliphatic heterocycles. The summed E-state index contributed by atoms with van der Waals surface area (Å²) in [6.07, 6.45) is 1.48. The van der Waals surface area contributed by atoms with Crippen molar-refractivity contribution in [3.05, 3.63) is 23.8 Å². The average Bonchev–Trinajstić information content (AvgIpc) is 2.38. The Hall–Kier alpha value is -1.11. The molecule has 19 heavy (non-hydrogen) atoms. The largest absolute Gasteiger partial charge is 0.399 e. The van der Waals surface area contributed by atoms with Crippen LogP contribution in [0.2, 0.25) is 0 Å². The second-order valence-electron chi connectivity index (χ2n) is 4.89. The molecule has 106 valence electrons. The Bertz CT molecular complexity index is 551. The fourth-order valence-electron chi connectivity index (χ4n) is 2.36. The minimum atomic E-state index is -3.46. The van der Waals surface area contributed by atoms with E-state index in [9.17, 15) is 8.42 Å². The predicted molar refractivity (Wildman–Crippen MR) is 74.4 cm³/mol. The summed E-state index contributed by atoms with van der Waals surface area (Å²) in [5.41, 5.74) is 6.92. The van der Waals surface area contributed by atoms with E-state index < -0.39 is 10.0 Å². The van der Waals surface area contributed by atoms with Gasteiger partial charge in [0, 0.05) is 32.0 Å². The van der Waals surface area contributed by atoms with E-state index in [4.69, 9.17) is 10.5 Å². The number of rotatable bonds is 3.